The summed E-state index contributed by atoms with van der Waals surface area (Å²) in [6.07, 6.45) is 4.07. The third-order valence-corrected chi connectivity index (χ3v) is 4.19. The summed E-state index contributed by atoms with van der Waals surface area (Å²) in [5.41, 5.74) is 0.538. The number of carbonyl (C=O) groups is 2. The number of aliphatic imine (C=N–C) groups is 1. The van der Waals surface area contributed by atoms with E-state index in [0.717, 1.165) is 13.0 Å². The van der Waals surface area contributed by atoms with Gasteiger partial charge in [0.05, 0.1) is 5.56 Å². The van der Waals surface area contributed by atoms with E-state index < -0.39 is 0 Å². The molecule has 1 aromatic rings. The molecular weight excluding hydrogens is 332 g/mol. The number of rotatable bonds is 6. The molecule has 2 rings (SSSR count). The van der Waals surface area contributed by atoms with Gasteiger partial charge in [0, 0.05) is 57.6 Å². The van der Waals surface area contributed by atoms with Gasteiger partial charge >= 0.3 is 0 Å². The quantitative estimate of drug-likeness (QED) is 0.383. The SMILES string of the molecule is CN=C(NCCNC(=O)c1cccnc1)NC1CCN(C(=O)C(C)C)C1. The van der Waals surface area contributed by atoms with Crippen LogP contribution < -0.4 is 16.0 Å². The molecule has 8 nitrogen and oxygen atoms in total. The van der Waals surface area contributed by atoms with Gasteiger partial charge < -0.3 is 20.9 Å². The zero-order valence-electron chi connectivity index (χ0n) is 15.7. The zero-order chi connectivity index (χ0) is 18.9. The van der Waals surface area contributed by atoms with E-state index >= 15 is 0 Å². The molecule has 1 aromatic heterocycles. The Bertz CT molecular complexity index is 632. The fourth-order valence-corrected chi connectivity index (χ4v) is 2.79. The maximum atomic E-state index is 12.0. The van der Waals surface area contributed by atoms with Gasteiger partial charge in [-0.05, 0) is 18.6 Å². The van der Waals surface area contributed by atoms with Crippen LogP contribution in [0.5, 0.6) is 0 Å². The van der Waals surface area contributed by atoms with Gasteiger partial charge in [-0.3, -0.25) is 19.6 Å². The van der Waals surface area contributed by atoms with Crippen LogP contribution in [-0.4, -0.2) is 66.9 Å². The van der Waals surface area contributed by atoms with Crippen molar-refractivity contribution >= 4 is 17.8 Å². The van der Waals surface area contributed by atoms with Gasteiger partial charge in [0.2, 0.25) is 5.91 Å². The number of amides is 2. The molecule has 2 heterocycles. The maximum absolute atomic E-state index is 12.0. The average Bonchev–Trinajstić information content (AvgIpc) is 3.12. The topological polar surface area (TPSA) is 98.7 Å². The minimum atomic E-state index is -0.151. The molecule has 1 fully saturated rings. The van der Waals surface area contributed by atoms with Crippen LogP contribution in [0.3, 0.4) is 0 Å². The smallest absolute Gasteiger partial charge is 0.252 e. The van der Waals surface area contributed by atoms with E-state index in [1.807, 2.05) is 18.7 Å². The molecule has 2 amide bonds. The van der Waals surface area contributed by atoms with Crippen molar-refractivity contribution in [1.29, 1.82) is 0 Å². The predicted molar refractivity (Wildman–Crippen MR) is 101 cm³/mol. The summed E-state index contributed by atoms with van der Waals surface area (Å²) in [6, 6.07) is 3.64. The van der Waals surface area contributed by atoms with Crippen LogP contribution in [0.4, 0.5) is 0 Å². The summed E-state index contributed by atoms with van der Waals surface area (Å²) < 4.78 is 0. The highest BCUT2D eigenvalue weighted by Crippen LogP contribution is 2.12. The van der Waals surface area contributed by atoms with Crippen molar-refractivity contribution in [3.05, 3.63) is 30.1 Å². The first-order valence-corrected chi connectivity index (χ1v) is 8.95. The Kier molecular flexibility index (Phi) is 7.37. The molecule has 1 saturated heterocycles. The number of hydrogen-bond acceptors (Lipinski definition) is 4. The second kappa shape index (κ2) is 9.74. The Balaban J connectivity index is 1.69. The number of carbonyl (C=O) groups excluding carboxylic acids is 2. The molecule has 1 aliphatic rings. The molecule has 3 N–H and O–H groups in total. The first kappa shape index (κ1) is 19.7. The highest BCUT2D eigenvalue weighted by molar-refractivity contribution is 5.93. The van der Waals surface area contributed by atoms with Gasteiger partial charge in [-0.1, -0.05) is 13.8 Å². The van der Waals surface area contributed by atoms with Crippen molar-refractivity contribution < 1.29 is 9.59 Å². The first-order valence-electron chi connectivity index (χ1n) is 8.95. The van der Waals surface area contributed by atoms with E-state index in [9.17, 15) is 9.59 Å². The van der Waals surface area contributed by atoms with Crippen molar-refractivity contribution in [2.45, 2.75) is 26.3 Å². The Labute approximate surface area is 154 Å². The minimum Gasteiger partial charge on any atom is -0.355 e. The first-order chi connectivity index (χ1) is 12.5. The summed E-state index contributed by atoms with van der Waals surface area (Å²) in [4.78, 5) is 34.0. The second-order valence-corrected chi connectivity index (χ2v) is 6.57. The van der Waals surface area contributed by atoms with Crippen molar-refractivity contribution in [3.8, 4) is 0 Å². The minimum absolute atomic E-state index is 0.0228. The fourth-order valence-electron chi connectivity index (χ4n) is 2.79. The van der Waals surface area contributed by atoms with Gasteiger partial charge in [-0.25, -0.2) is 0 Å². The van der Waals surface area contributed by atoms with E-state index in [4.69, 9.17) is 0 Å². The molecule has 0 saturated carbocycles. The molecular formula is C18H28N6O2. The predicted octanol–water partition coefficient (Wildman–Crippen LogP) is 0.233. The van der Waals surface area contributed by atoms with Gasteiger partial charge in [0.15, 0.2) is 5.96 Å². The van der Waals surface area contributed by atoms with Crippen LogP contribution in [0.2, 0.25) is 0 Å². The Morgan fingerprint density at radius 3 is 2.77 bits per heavy atom. The lowest BCUT2D eigenvalue weighted by molar-refractivity contribution is -0.133. The maximum Gasteiger partial charge on any atom is 0.252 e. The summed E-state index contributed by atoms with van der Waals surface area (Å²) in [6.45, 7) is 6.32. The Morgan fingerprint density at radius 2 is 2.12 bits per heavy atom. The molecule has 8 heteroatoms. The van der Waals surface area contributed by atoms with Gasteiger partial charge in [-0.15, -0.1) is 0 Å². The molecule has 1 aliphatic heterocycles. The molecule has 0 bridgehead atoms. The number of likely N-dealkylation sites (tertiary alicyclic amines) is 1. The third-order valence-electron chi connectivity index (χ3n) is 4.19. The summed E-state index contributed by atoms with van der Waals surface area (Å²) in [5.74, 6) is 0.732. The third kappa shape index (κ3) is 5.72. The lowest BCUT2D eigenvalue weighted by Crippen LogP contribution is -2.47. The van der Waals surface area contributed by atoms with E-state index in [2.05, 4.69) is 25.9 Å². The van der Waals surface area contributed by atoms with Crippen LogP contribution in [0.25, 0.3) is 0 Å². The van der Waals surface area contributed by atoms with Gasteiger partial charge in [0.1, 0.15) is 0 Å². The number of hydrogen-bond donors (Lipinski definition) is 3. The zero-order valence-corrected chi connectivity index (χ0v) is 15.7. The number of aromatic nitrogens is 1. The monoisotopic (exact) mass is 360 g/mol. The molecule has 142 valence electrons. The van der Waals surface area contributed by atoms with Crippen LogP contribution in [0, 0.1) is 5.92 Å². The molecule has 0 radical (unpaired) electrons. The van der Waals surface area contributed by atoms with Gasteiger partial charge in [0.25, 0.3) is 5.91 Å². The van der Waals surface area contributed by atoms with E-state index in [1.165, 1.54) is 6.20 Å². The molecule has 1 unspecified atom stereocenters. The van der Waals surface area contributed by atoms with Crippen molar-refractivity contribution in [3.63, 3.8) is 0 Å². The standard InChI is InChI=1S/C18H28N6O2/c1-13(2)17(26)24-10-6-15(12-24)23-18(19-3)22-9-8-21-16(25)14-5-4-7-20-11-14/h4-5,7,11,13,15H,6,8-10,12H2,1-3H3,(H,21,25)(H2,19,22,23). The average molecular weight is 360 g/mol. The van der Waals surface area contributed by atoms with E-state index in [0.29, 0.717) is 31.2 Å². The lowest BCUT2D eigenvalue weighted by Gasteiger charge is -2.20. The van der Waals surface area contributed by atoms with Gasteiger partial charge in [-0.2, -0.15) is 0 Å². The van der Waals surface area contributed by atoms with Crippen LogP contribution in [-0.2, 0) is 4.79 Å². The normalized spacial score (nSPS) is 17.3. The van der Waals surface area contributed by atoms with E-state index in [-0.39, 0.29) is 23.8 Å². The molecule has 0 aromatic carbocycles. The van der Waals surface area contributed by atoms with Crippen molar-refractivity contribution in [2.24, 2.45) is 10.9 Å². The highest BCUT2D eigenvalue weighted by Gasteiger charge is 2.27. The number of guanidine groups is 1. The van der Waals surface area contributed by atoms with Crippen LogP contribution in [0.1, 0.15) is 30.6 Å². The summed E-state index contributed by atoms with van der Waals surface area (Å²) in [7, 11) is 1.70. The molecule has 0 spiro atoms. The lowest BCUT2D eigenvalue weighted by atomic mass is 10.2. The summed E-state index contributed by atoms with van der Waals surface area (Å²) >= 11 is 0. The Morgan fingerprint density at radius 1 is 1.35 bits per heavy atom. The number of nitrogens with zero attached hydrogens (tertiary/aromatic N) is 3. The van der Waals surface area contributed by atoms with Crippen LogP contribution in [0.15, 0.2) is 29.5 Å². The second-order valence-electron chi connectivity index (χ2n) is 6.57. The molecule has 0 aliphatic carbocycles. The molecule has 1 atom stereocenters. The van der Waals surface area contributed by atoms with Crippen LogP contribution >= 0.6 is 0 Å². The van der Waals surface area contributed by atoms with E-state index in [1.54, 1.807) is 25.4 Å². The Hall–Kier alpha value is -2.64. The number of pyridine rings is 1. The summed E-state index contributed by atoms with van der Waals surface area (Å²) in [5, 5.41) is 9.34. The number of nitrogens with one attached hydrogen (secondary N) is 3. The highest BCUT2D eigenvalue weighted by atomic mass is 16.2. The fraction of sp³-hybridized carbons (Fsp3) is 0.556. The van der Waals surface area contributed by atoms with Crippen molar-refractivity contribution in [1.82, 2.24) is 25.8 Å². The van der Waals surface area contributed by atoms with Crippen molar-refractivity contribution in [2.75, 3.05) is 33.2 Å². The molecule has 26 heavy (non-hydrogen) atoms. The largest absolute Gasteiger partial charge is 0.355 e.